The molecule has 0 bridgehead atoms. The minimum absolute atomic E-state index is 0.0492. The van der Waals surface area contributed by atoms with Crippen LogP contribution >= 0.6 is 0 Å². The molecule has 0 fully saturated rings. The molecule has 0 spiro atoms. The summed E-state index contributed by atoms with van der Waals surface area (Å²) in [5.41, 5.74) is 0. The summed E-state index contributed by atoms with van der Waals surface area (Å²) in [4.78, 5) is 0. The molecular weight excluding hydrogens is 237 g/mol. The lowest BCUT2D eigenvalue weighted by molar-refractivity contribution is 0.0955. The maximum Gasteiger partial charge on any atom is 0.165 e. The van der Waals surface area contributed by atoms with E-state index >= 15 is 0 Å². The Hall–Kier alpha value is -1.17. The first-order valence-corrected chi connectivity index (χ1v) is 5.91. The molecule has 2 unspecified atom stereocenters. The van der Waals surface area contributed by atoms with Crippen molar-refractivity contribution >= 4 is 0 Å². The molecule has 5 heteroatoms. The molecule has 0 aliphatic rings. The van der Waals surface area contributed by atoms with Gasteiger partial charge in [-0.3, -0.25) is 0 Å². The van der Waals surface area contributed by atoms with Gasteiger partial charge in [-0.1, -0.05) is 12.1 Å². The molecule has 0 radical (unpaired) electrons. The van der Waals surface area contributed by atoms with E-state index < -0.39 is 11.9 Å². The fraction of sp³-hybridized carbons (Fsp3) is 0.538. The molecule has 0 aromatic heterocycles. The third-order valence-corrected chi connectivity index (χ3v) is 2.39. The molecule has 102 valence electrons. The first-order chi connectivity index (χ1) is 8.63. The Labute approximate surface area is 107 Å². The monoisotopic (exact) mass is 257 g/mol. The second-order valence-electron chi connectivity index (χ2n) is 4.16. The van der Waals surface area contributed by atoms with E-state index in [4.69, 9.17) is 9.47 Å². The molecule has 0 saturated heterocycles. The molecule has 0 aliphatic carbocycles. The van der Waals surface area contributed by atoms with Crippen LogP contribution in [-0.2, 0) is 4.74 Å². The number of benzene rings is 1. The van der Waals surface area contributed by atoms with Crippen LogP contribution in [0.4, 0.5) is 4.39 Å². The Morgan fingerprint density at radius 1 is 1.33 bits per heavy atom. The van der Waals surface area contributed by atoms with Crippen LogP contribution in [0.3, 0.4) is 0 Å². The lowest BCUT2D eigenvalue weighted by Gasteiger charge is -2.17. The smallest absolute Gasteiger partial charge is 0.165 e. The maximum absolute atomic E-state index is 13.2. The first-order valence-electron chi connectivity index (χ1n) is 5.91. The number of ether oxygens (including phenoxy) is 2. The second-order valence-corrected chi connectivity index (χ2v) is 4.16. The summed E-state index contributed by atoms with van der Waals surface area (Å²) in [7, 11) is 1.62. The van der Waals surface area contributed by atoms with E-state index in [0.29, 0.717) is 13.2 Å². The number of hydrogen-bond acceptors (Lipinski definition) is 4. The maximum atomic E-state index is 13.2. The highest BCUT2D eigenvalue weighted by molar-refractivity contribution is 5.23. The van der Waals surface area contributed by atoms with Crippen molar-refractivity contribution in [2.24, 2.45) is 0 Å². The normalized spacial score (nSPS) is 14.2. The highest BCUT2D eigenvalue weighted by Gasteiger charge is 2.09. The molecule has 0 amide bonds. The van der Waals surface area contributed by atoms with Gasteiger partial charge < -0.3 is 19.9 Å². The van der Waals surface area contributed by atoms with Gasteiger partial charge in [-0.05, 0) is 19.1 Å². The van der Waals surface area contributed by atoms with Crippen LogP contribution in [0, 0.1) is 5.82 Å². The zero-order valence-corrected chi connectivity index (χ0v) is 10.7. The van der Waals surface area contributed by atoms with E-state index in [-0.39, 0.29) is 18.4 Å². The number of rotatable bonds is 8. The summed E-state index contributed by atoms with van der Waals surface area (Å²) in [6.07, 6.45) is -0.691. The van der Waals surface area contributed by atoms with Crippen molar-refractivity contribution in [2.45, 2.75) is 19.1 Å². The minimum Gasteiger partial charge on any atom is -0.488 e. The third kappa shape index (κ3) is 5.44. The van der Waals surface area contributed by atoms with Crippen molar-refractivity contribution in [3.8, 4) is 5.75 Å². The van der Waals surface area contributed by atoms with Crippen LogP contribution in [0.2, 0.25) is 0 Å². The summed E-state index contributed by atoms with van der Waals surface area (Å²) in [6, 6.07) is 6.28. The Bertz CT molecular complexity index is 349. The summed E-state index contributed by atoms with van der Waals surface area (Å²) in [5.74, 6) is -0.271. The summed E-state index contributed by atoms with van der Waals surface area (Å²) in [5, 5.41) is 12.8. The molecule has 0 saturated carbocycles. The molecule has 1 rings (SSSR count). The predicted octanol–water partition coefficient (Wildman–Crippen LogP) is 1.19. The lowest BCUT2D eigenvalue weighted by atomic mass is 10.3. The van der Waals surface area contributed by atoms with Crippen LogP contribution < -0.4 is 10.1 Å². The fourth-order valence-corrected chi connectivity index (χ4v) is 1.45. The number of hydrogen-bond donors (Lipinski definition) is 2. The minimum atomic E-state index is -0.691. The second kappa shape index (κ2) is 8.02. The van der Waals surface area contributed by atoms with Gasteiger partial charge in [-0.15, -0.1) is 0 Å². The van der Waals surface area contributed by atoms with Gasteiger partial charge in [0.15, 0.2) is 11.6 Å². The molecular formula is C13H20FNO3. The van der Waals surface area contributed by atoms with Gasteiger partial charge in [0.05, 0.1) is 6.61 Å². The predicted molar refractivity (Wildman–Crippen MR) is 67.2 cm³/mol. The Balaban J connectivity index is 2.25. The summed E-state index contributed by atoms with van der Waals surface area (Å²) < 4.78 is 23.4. The quantitative estimate of drug-likeness (QED) is 0.734. The highest BCUT2D eigenvalue weighted by Crippen LogP contribution is 2.15. The first kappa shape index (κ1) is 14.9. The van der Waals surface area contributed by atoms with Crippen molar-refractivity contribution in [3.63, 3.8) is 0 Å². The van der Waals surface area contributed by atoms with Gasteiger partial charge in [-0.2, -0.15) is 0 Å². The van der Waals surface area contributed by atoms with Crippen molar-refractivity contribution in [2.75, 3.05) is 26.9 Å². The molecule has 0 heterocycles. The van der Waals surface area contributed by atoms with Crippen molar-refractivity contribution in [1.82, 2.24) is 5.32 Å². The van der Waals surface area contributed by atoms with Crippen LogP contribution in [0.25, 0.3) is 0 Å². The number of aliphatic hydroxyl groups is 1. The molecule has 1 aromatic rings. The SMILES string of the molecule is COCC(C)NCC(O)COc1ccccc1F. The Kier molecular flexibility index (Phi) is 6.64. The number of para-hydroxylation sites is 1. The van der Waals surface area contributed by atoms with Crippen LogP contribution in [0.15, 0.2) is 24.3 Å². The molecule has 18 heavy (non-hydrogen) atoms. The van der Waals surface area contributed by atoms with Gasteiger partial charge in [0.2, 0.25) is 0 Å². The van der Waals surface area contributed by atoms with Gasteiger partial charge >= 0.3 is 0 Å². The third-order valence-electron chi connectivity index (χ3n) is 2.39. The van der Waals surface area contributed by atoms with E-state index in [9.17, 15) is 9.50 Å². The highest BCUT2D eigenvalue weighted by atomic mass is 19.1. The lowest BCUT2D eigenvalue weighted by Crippen LogP contribution is -2.38. The van der Waals surface area contributed by atoms with Gasteiger partial charge in [0.1, 0.15) is 12.7 Å². The standard InChI is InChI=1S/C13H20FNO3/c1-10(8-17-2)15-7-11(16)9-18-13-6-4-3-5-12(13)14/h3-6,10-11,15-16H,7-9H2,1-2H3. The van der Waals surface area contributed by atoms with Crippen LogP contribution in [0.1, 0.15) is 6.92 Å². The van der Waals surface area contributed by atoms with Gasteiger partial charge in [-0.25, -0.2) is 4.39 Å². The van der Waals surface area contributed by atoms with E-state index in [0.717, 1.165) is 0 Å². The zero-order valence-electron chi connectivity index (χ0n) is 10.7. The number of nitrogens with one attached hydrogen (secondary N) is 1. The van der Waals surface area contributed by atoms with Crippen molar-refractivity contribution in [1.29, 1.82) is 0 Å². The molecule has 2 N–H and O–H groups in total. The number of methoxy groups -OCH3 is 1. The van der Waals surface area contributed by atoms with Crippen molar-refractivity contribution in [3.05, 3.63) is 30.1 Å². The van der Waals surface area contributed by atoms with Crippen LogP contribution in [0.5, 0.6) is 5.75 Å². The zero-order chi connectivity index (χ0) is 13.4. The number of halogens is 1. The summed E-state index contributed by atoms with van der Waals surface area (Å²) in [6.45, 7) is 2.95. The Morgan fingerprint density at radius 3 is 2.72 bits per heavy atom. The van der Waals surface area contributed by atoms with Gasteiger partial charge in [0.25, 0.3) is 0 Å². The summed E-state index contributed by atoms with van der Waals surface area (Å²) >= 11 is 0. The molecule has 0 aliphatic heterocycles. The molecule has 2 atom stereocenters. The Morgan fingerprint density at radius 2 is 2.06 bits per heavy atom. The average molecular weight is 257 g/mol. The fourth-order valence-electron chi connectivity index (χ4n) is 1.45. The molecule has 1 aromatic carbocycles. The largest absolute Gasteiger partial charge is 0.488 e. The van der Waals surface area contributed by atoms with Gasteiger partial charge in [0, 0.05) is 19.7 Å². The van der Waals surface area contributed by atoms with Crippen molar-refractivity contribution < 1.29 is 19.0 Å². The van der Waals surface area contributed by atoms with Crippen LogP contribution in [-0.4, -0.2) is 44.1 Å². The molecule has 4 nitrogen and oxygen atoms in total. The van der Waals surface area contributed by atoms with E-state index in [1.54, 1.807) is 19.2 Å². The topological polar surface area (TPSA) is 50.7 Å². The van der Waals surface area contributed by atoms with E-state index in [2.05, 4.69) is 5.32 Å². The number of aliphatic hydroxyl groups excluding tert-OH is 1. The average Bonchev–Trinajstić information content (AvgIpc) is 2.36. The van der Waals surface area contributed by atoms with E-state index in [1.165, 1.54) is 12.1 Å². The van der Waals surface area contributed by atoms with E-state index in [1.807, 2.05) is 6.92 Å².